The number of aliphatic carboxylic acids is 1. The van der Waals surface area contributed by atoms with Gasteiger partial charge in [0, 0.05) is 18.5 Å². The van der Waals surface area contributed by atoms with E-state index in [4.69, 9.17) is 5.11 Å². The van der Waals surface area contributed by atoms with Gasteiger partial charge in [0.2, 0.25) is 5.91 Å². The predicted octanol–water partition coefficient (Wildman–Crippen LogP) is 2.27. The molecule has 112 valence electrons. The van der Waals surface area contributed by atoms with Crippen molar-refractivity contribution in [2.75, 3.05) is 13.6 Å². The van der Waals surface area contributed by atoms with Gasteiger partial charge >= 0.3 is 5.97 Å². The van der Waals surface area contributed by atoms with Crippen molar-refractivity contribution in [1.82, 2.24) is 9.88 Å². The zero-order valence-electron chi connectivity index (χ0n) is 12.3. The molecule has 0 fully saturated rings. The van der Waals surface area contributed by atoms with Gasteiger partial charge < -0.3 is 10.0 Å². The summed E-state index contributed by atoms with van der Waals surface area (Å²) in [5, 5.41) is 9.47. The minimum atomic E-state index is -0.810. The van der Waals surface area contributed by atoms with Gasteiger partial charge in [-0.25, -0.2) is 4.98 Å². The number of unbranched alkanes of at least 4 members (excludes halogenated alkanes) is 1. The number of nitrogens with zero attached hydrogens (tertiary/aromatic N) is 2. The van der Waals surface area contributed by atoms with E-state index in [9.17, 15) is 9.59 Å². The van der Waals surface area contributed by atoms with Gasteiger partial charge in [-0.1, -0.05) is 13.3 Å². The van der Waals surface area contributed by atoms with Crippen LogP contribution in [0.4, 0.5) is 0 Å². The molecule has 0 saturated heterocycles. The summed E-state index contributed by atoms with van der Waals surface area (Å²) in [7, 11) is 1.81. The molecule has 0 unspecified atom stereocenters. The minimum absolute atomic E-state index is 0.0667. The second-order valence-electron chi connectivity index (χ2n) is 4.86. The van der Waals surface area contributed by atoms with Crippen molar-refractivity contribution in [3.63, 3.8) is 0 Å². The van der Waals surface area contributed by atoms with E-state index in [1.54, 1.807) is 4.90 Å². The zero-order chi connectivity index (χ0) is 15.1. The van der Waals surface area contributed by atoms with Crippen LogP contribution in [0.25, 0.3) is 0 Å². The Kier molecular flexibility index (Phi) is 6.64. The lowest BCUT2D eigenvalue weighted by Crippen LogP contribution is -2.29. The van der Waals surface area contributed by atoms with E-state index in [2.05, 4.69) is 11.9 Å². The van der Waals surface area contributed by atoms with Crippen molar-refractivity contribution in [3.05, 3.63) is 15.6 Å². The van der Waals surface area contributed by atoms with Crippen LogP contribution in [0.2, 0.25) is 0 Å². The zero-order valence-corrected chi connectivity index (χ0v) is 13.1. The number of thiazole rings is 1. The summed E-state index contributed by atoms with van der Waals surface area (Å²) in [6.07, 6.45) is 2.96. The summed E-state index contributed by atoms with van der Waals surface area (Å²) < 4.78 is 0. The molecule has 0 aliphatic rings. The Morgan fingerprint density at radius 2 is 2.10 bits per heavy atom. The van der Waals surface area contributed by atoms with Crippen molar-refractivity contribution in [1.29, 1.82) is 0 Å². The lowest BCUT2D eigenvalue weighted by Gasteiger charge is -2.15. The van der Waals surface area contributed by atoms with Crippen LogP contribution in [-0.2, 0) is 22.4 Å². The van der Waals surface area contributed by atoms with Crippen LogP contribution in [0.5, 0.6) is 0 Å². The molecular weight excluding hydrogens is 276 g/mol. The molecule has 5 nitrogen and oxygen atoms in total. The quantitative estimate of drug-likeness (QED) is 0.799. The van der Waals surface area contributed by atoms with Crippen molar-refractivity contribution in [3.8, 4) is 0 Å². The van der Waals surface area contributed by atoms with Crippen molar-refractivity contribution in [2.24, 2.45) is 0 Å². The van der Waals surface area contributed by atoms with E-state index in [1.807, 2.05) is 14.0 Å². The van der Waals surface area contributed by atoms with Gasteiger partial charge in [0.15, 0.2) is 0 Å². The average Bonchev–Trinajstić information content (AvgIpc) is 2.73. The van der Waals surface area contributed by atoms with E-state index in [0.717, 1.165) is 35.0 Å². The van der Waals surface area contributed by atoms with Crippen LogP contribution in [0.1, 0.15) is 41.8 Å². The molecule has 1 N–H and O–H groups in total. The molecular formula is C14H22N2O3S. The second-order valence-corrected chi connectivity index (χ2v) is 6.02. The molecule has 1 amide bonds. The monoisotopic (exact) mass is 298 g/mol. The number of carbonyl (C=O) groups excluding carboxylic acids is 1. The number of hydrogen-bond acceptors (Lipinski definition) is 4. The number of aryl methyl sites for hydroxylation is 2. The highest BCUT2D eigenvalue weighted by Gasteiger charge is 2.14. The van der Waals surface area contributed by atoms with Gasteiger partial charge in [0.25, 0.3) is 0 Å². The first-order valence-electron chi connectivity index (χ1n) is 6.85. The number of likely N-dealkylation sites (N-methyl/N-ethyl adjacent to an activating group) is 1. The third-order valence-electron chi connectivity index (χ3n) is 3.08. The molecule has 1 rings (SSSR count). The molecule has 1 aromatic heterocycles. The highest BCUT2D eigenvalue weighted by atomic mass is 32.1. The standard InChI is InChI=1S/C14H22N2O3S/c1-4-5-8-16(3)13(17)9-12-15-10(2)11(20-12)6-7-14(18)19/h4-9H2,1-3H3,(H,18,19). The normalized spacial score (nSPS) is 10.6. The molecule has 0 saturated carbocycles. The topological polar surface area (TPSA) is 70.5 Å². The Morgan fingerprint density at radius 3 is 2.70 bits per heavy atom. The van der Waals surface area contributed by atoms with Gasteiger partial charge in [-0.05, 0) is 19.8 Å². The Labute approximate surface area is 123 Å². The summed E-state index contributed by atoms with van der Waals surface area (Å²) in [6, 6.07) is 0. The number of carboxylic acids is 1. The van der Waals surface area contributed by atoms with E-state index in [0.29, 0.717) is 12.8 Å². The molecule has 0 spiro atoms. The lowest BCUT2D eigenvalue weighted by atomic mass is 10.2. The number of carboxylic acid groups (broad SMARTS) is 1. The highest BCUT2D eigenvalue weighted by molar-refractivity contribution is 7.11. The molecule has 0 aliphatic carbocycles. The summed E-state index contributed by atoms with van der Waals surface area (Å²) in [5.74, 6) is -0.744. The molecule has 20 heavy (non-hydrogen) atoms. The van der Waals surface area contributed by atoms with Gasteiger partial charge in [-0.15, -0.1) is 11.3 Å². The SMILES string of the molecule is CCCCN(C)C(=O)Cc1nc(C)c(CCC(=O)O)s1. The molecule has 0 radical (unpaired) electrons. The Morgan fingerprint density at radius 1 is 1.40 bits per heavy atom. The molecule has 0 bridgehead atoms. The van der Waals surface area contributed by atoms with Crippen LogP contribution in [-0.4, -0.2) is 40.5 Å². The Bertz CT molecular complexity index is 471. The fourth-order valence-corrected chi connectivity index (χ4v) is 2.86. The predicted molar refractivity (Wildman–Crippen MR) is 79.1 cm³/mol. The van der Waals surface area contributed by atoms with Gasteiger partial charge in [-0.2, -0.15) is 0 Å². The third kappa shape index (κ3) is 5.28. The van der Waals surface area contributed by atoms with Crippen LogP contribution < -0.4 is 0 Å². The molecule has 1 aromatic rings. The smallest absolute Gasteiger partial charge is 0.303 e. The maximum atomic E-state index is 12.0. The highest BCUT2D eigenvalue weighted by Crippen LogP contribution is 2.20. The largest absolute Gasteiger partial charge is 0.481 e. The minimum Gasteiger partial charge on any atom is -0.481 e. The number of carbonyl (C=O) groups is 2. The van der Waals surface area contributed by atoms with Crippen LogP contribution in [0.3, 0.4) is 0 Å². The summed E-state index contributed by atoms with van der Waals surface area (Å²) >= 11 is 1.45. The number of hydrogen-bond donors (Lipinski definition) is 1. The van der Waals surface area contributed by atoms with Gasteiger partial charge in [-0.3, -0.25) is 9.59 Å². The number of rotatable bonds is 8. The van der Waals surface area contributed by atoms with E-state index in [1.165, 1.54) is 11.3 Å². The fourth-order valence-electron chi connectivity index (χ4n) is 1.80. The Balaban J connectivity index is 2.57. The van der Waals surface area contributed by atoms with E-state index in [-0.39, 0.29) is 12.3 Å². The van der Waals surface area contributed by atoms with Gasteiger partial charge in [0.1, 0.15) is 5.01 Å². The van der Waals surface area contributed by atoms with Crippen molar-refractivity contribution < 1.29 is 14.7 Å². The van der Waals surface area contributed by atoms with E-state index < -0.39 is 5.97 Å². The second kappa shape index (κ2) is 7.99. The summed E-state index contributed by atoms with van der Waals surface area (Å²) in [5.41, 5.74) is 0.843. The molecule has 0 aliphatic heterocycles. The third-order valence-corrected chi connectivity index (χ3v) is 4.30. The van der Waals surface area contributed by atoms with Crippen molar-refractivity contribution >= 4 is 23.2 Å². The van der Waals surface area contributed by atoms with Crippen LogP contribution in [0, 0.1) is 6.92 Å². The fraction of sp³-hybridized carbons (Fsp3) is 0.643. The molecule has 1 heterocycles. The maximum absolute atomic E-state index is 12.0. The Hall–Kier alpha value is -1.43. The van der Waals surface area contributed by atoms with Crippen LogP contribution in [0.15, 0.2) is 0 Å². The molecule has 6 heteroatoms. The van der Waals surface area contributed by atoms with Crippen LogP contribution >= 0.6 is 11.3 Å². The van der Waals surface area contributed by atoms with Crippen molar-refractivity contribution in [2.45, 2.75) is 46.0 Å². The average molecular weight is 298 g/mol. The first-order valence-corrected chi connectivity index (χ1v) is 7.66. The first kappa shape index (κ1) is 16.6. The molecule has 0 aromatic carbocycles. The number of aromatic nitrogens is 1. The maximum Gasteiger partial charge on any atom is 0.303 e. The summed E-state index contributed by atoms with van der Waals surface area (Å²) in [4.78, 5) is 29.7. The number of amides is 1. The summed E-state index contributed by atoms with van der Waals surface area (Å²) in [6.45, 7) is 4.73. The first-order chi connectivity index (χ1) is 9.43. The lowest BCUT2D eigenvalue weighted by molar-refractivity contribution is -0.137. The molecule has 0 atom stereocenters. The van der Waals surface area contributed by atoms with E-state index >= 15 is 0 Å². The van der Waals surface area contributed by atoms with Gasteiger partial charge in [0.05, 0.1) is 18.5 Å².